The third-order valence-corrected chi connectivity index (χ3v) is 5.52. The lowest BCUT2D eigenvalue weighted by Gasteiger charge is -2.03. The van der Waals surface area contributed by atoms with Crippen LogP contribution in [0.1, 0.15) is 0 Å². The quantitative estimate of drug-likeness (QED) is 0.650. The predicted molar refractivity (Wildman–Crippen MR) is 71.0 cm³/mol. The van der Waals surface area contributed by atoms with Gasteiger partial charge in [-0.3, -0.25) is 4.57 Å². The molecule has 2 aromatic rings. The van der Waals surface area contributed by atoms with E-state index in [0.717, 1.165) is 4.21 Å². The lowest BCUT2D eigenvalue weighted by atomic mass is 10.4. The van der Waals surface area contributed by atoms with Gasteiger partial charge in [-0.15, -0.1) is 11.8 Å². The molecule has 0 aliphatic carbocycles. The minimum absolute atomic E-state index is 0.129. The van der Waals surface area contributed by atoms with Crippen LogP contribution in [0.15, 0.2) is 24.9 Å². The number of furan rings is 1. The first-order valence-electron chi connectivity index (χ1n) is 4.27. The van der Waals surface area contributed by atoms with Crippen molar-refractivity contribution in [2.24, 2.45) is 0 Å². The number of aromatic nitrogens is 1. The van der Waals surface area contributed by atoms with E-state index in [9.17, 15) is 14.4 Å². The van der Waals surface area contributed by atoms with Gasteiger partial charge in [-0.05, 0) is 28.3 Å². The summed E-state index contributed by atoms with van der Waals surface area (Å²) in [7, 11) is -4.35. The SMILES string of the molecule is CSc1sc(Br)nc1-c1occc1P(=O)(O)O. The third kappa shape index (κ3) is 2.67. The highest BCUT2D eigenvalue weighted by atomic mass is 79.9. The van der Waals surface area contributed by atoms with E-state index in [4.69, 9.17) is 4.42 Å². The van der Waals surface area contributed by atoms with Crippen molar-refractivity contribution in [1.29, 1.82) is 0 Å². The topological polar surface area (TPSA) is 83.6 Å². The number of hydrogen-bond acceptors (Lipinski definition) is 5. The number of thioether (sulfide) groups is 1. The maximum Gasteiger partial charge on any atom is 0.360 e. The molecule has 0 atom stereocenters. The zero-order valence-corrected chi connectivity index (χ0v) is 12.6. The van der Waals surface area contributed by atoms with Crippen molar-refractivity contribution in [2.75, 3.05) is 6.26 Å². The average molecular weight is 356 g/mol. The predicted octanol–water partition coefficient (Wildman–Crippen LogP) is 2.69. The molecule has 0 bridgehead atoms. The van der Waals surface area contributed by atoms with Gasteiger partial charge in [0.1, 0.15) is 11.0 Å². The maximum atomic E-state index is 11.3. The Labute approximate surface area is 114 Å². The van der Waals surface area contributed by atoms with Crippen LogP contribution in [0.3, 0.4) is 0 Å². The minimum atomic E-state index is -4.35. The molecule has 2 aromatic heterocycles. The van der Waals surface area contributed by atoms with Gasteiger partial charge in [0.05, 0.1) is 10.5 Å². The summed E-state index contributed by atoms with van der Waals surface area (Å²) in [5, 5.41) is -0.134. The molecule has 2 N–H and O–H groups in total. The fourth-order valence-corrected chi connectivity index (χ4v) is 4.36. The van der Waals surface area contributed by atoms with Gasteiger partial charge in [0.2, 0.25) is 0 Å². The van der Waals surface area contributed by atoms with E-state index in [-0.39, 0.29) is 11.1 Å². The van der Waals surface area contributed by atoms with Crippen LogP contribution in [0, 0.1) is 0 Å². The van der Waals surface area contributed by atoms with Gasteiger partial charge in [-0.25, -0.2) is 4.98 Å². The van der Waals surface area contributed by atoms with Gasteiger partial charge in [-0.1, -0.05) is 11.3 Å². The molecule has 5 nitrogen and oxygen atoms in total. The van der Waals surface area contributed by atoms with E-state index in [1.54, 1.807) is 0 Å². The summed E-state index contributed by atoms with van der Waals surface area (Å²) in [5.74, 6) is 0.129. The summed E-state index contributed by atoms with van der Waals surface area (Å²) in [4.78, 5) is 22.6. The van der Waals surface area contributed by atoms with Crippen molar-refractivity contribution in [2.45, 2.75) is 4.21 Å². The van der Waals surface area contributed by atoms with Gasteiger partial charge < -0.3 is 14.2 Å². The summed E-state index contributed by atoms with van der Waals surface area (Å²) >= 11 is 6.08. The normalized spacial score (nSPS) is 12.0. The van der Waals surface area contributed by atoms with Crippen molar-refractivity contribution >= 4 is 51.9 Å². The lowest BCUT2D eigenvalue weighted by molar-refractivity contribution is 0.387. The molecule has 0 radical (unpaired) electrons. The van der Waals surface area contributed by atoms with Crippen molar-refractivity contribution in [3.8, 4) is 11.5 Å². The maximum absolute atomic E-state index is 11.3. The highest BCUT2D eigenvalue weighted by Gasteiger charge is 2.28. The molecular weight excluding hydrogens is 349 g/mol. The number of thiazole rings is 1. The molecule has 0 fully saturated rings. The molecule has 0 amide bonds. The Kier molecular flexibility index (Phi) is 3.82. The smallest absolute Gasteiger partial charge is 0.360 e. The van der Waals surface area contributed by atoms with Crippen LogP contribution in [-0.2, 0) is 4.57 Å². The molecule has 0 aliphatic heterocycles. The zero-order valence-electron chi connectivity index (χ0n) is 8.45. The van der Waals surface area contributed by atoms with Crippen LogP contribution in [-0.4, -0.2) is 21.0 Å². The highest BCUT2D eigenvalue weighted by Crippen LogP contribution is 2.42. The first-order chi connectivity index (χ1) is 7.93. The van der Waals surface area contributed by atoms with Crippen LogP contribution < -0.4 is 5.30 Å². The average Bonchev–Trinajstić information content (AvgIpc) is 2.81. The van der Waals surface area contributed by atoms with Crippen LogP contribution >= 0.6 is 46.6 Å². The molecule has 2 heterocycles. The zero-order chi connectivity index (χ0) is 12.6. The molecule has 0 unspecified atom stereocenters. The summed E-state index contributed by atoms with van der Waals surface area (Å²) in [5.41, 5.74) is 0.456. The number of halogens is 1. The molecule has 0 aromatic carbocycles. The van der Waals surface area contributed by atoms with E-state index in [1.165, 1.54) is 35.4 Å². The van der Waals surface area contributed by atoms with Crippen LogP contribution in [0.5, 0.6) is 0 Å². The Hall–Kier alpha value is -0.110. The van der Waals surface area contributed by atoms with Crippen LogP contribution in [0.25, 0.3) is 11.5 Å². The number of nitrogens with zero attached hydrogens (tertiary/aromatic N) is 1. The Morgan fingerprint density at radius 2 is 2.29 bits per heavy atom. The second kappa shape index (κ2) is 4.87. The summed E-state index contributed by atoms with van der Waals surface area (Å²) in [6, 6.07) is 1.27. The van der Waals surface area contributed by atoms with Crippen LogP contribution in [0.4, 0.5) is 0 Å². The number of hydrogen-bond donors (Lipinski definition) is 2. The van der Waals surface area contributed by atoms with E-state index in [2.05, 4.69) is 20.9 Å². The van der Waals surface area contributed by atoms with Crippen LogP contribution in [0.2, 0.25) is 0 Å². The second-order valence-corrected chi connectivity index (χ2v) is 7.91. The van der Waals surface area contributed by atoms with E-state index in [1.807, 2.05) is 6.26 Å². The van der Waals surface area contributed by atoms with Crippen molar-refractivity contribution in [1.82, 2.24) is 4.98 Å². The highest BCUT2D eigenvalue weighted by molar-refractivity contribution is 9.11. The molecule has 0 saturated heterocycles. The Morgan fingerprint density at radius 3 is 2.88 bits per heavy atom. The Morgan fingerprint density at radius 1 is 1.59 bits per heavy atom. The van der Waals surface area contributed by atoms with E-state index >= 15 is 0 Å². The summed E-state index contributed by atoms with van der Waals surface area (Å²) < 4.78 is 17.9. The largest absolute Gasteiger partial charge is 0.462 e. The summed E-state index contributed by atoms with van der Waals surface area (Å²) in [6.07, 6.45) is 3.12. The fraction of sp³-hybridized carbons (Fsp3) is 0.125. The Bertz CT molecular complexity index is 590. The van der Waals surface area contributed by atoms with Gasteiger partial charge in [0.15, 0.2) is 9.68 Å². The second-order valence-electron chi connectivity index (χ2n) is 2.99. The van der Waals surface area contributed by atoms with E-state index < -0.39 is 7.60 Å². The molecule has 0 aliphatic rings. The minimum Gasteiger partial charge on any atom is -0.462 e. The number of rotatable bonds is 3. The van der Waals surface area contributed by atoms with Crippen molar-refractivity contribution in [3.05, 3.63) is 16.2 Å². The Balaban J connectivity index is 2.61. The standard InChI is InChI=1S/C8H7BrNO4PS2/c1-16-7-5(10-8(9)17-7)6-4(2-3-14-6)15(11,12)13/h2-3H,1H3,(H2,11,12,13). The first-order valence-corrected chi connectivity index (χ1v) is 8.72. The van der Waals surface area contributed by atoms with E-state index in [0.29, 0.717) is 9.61 Å². The molecule has 2 rings (SSSR count). The van der Waals surface area contributed by atoms with Crippen molar-refractivity contribution in [3.63, 3.8) is 0 Å². The summed E-state index contributed by atoms with van der Waals surface area (Å²) in [6.45, 7) is 0. The first kappa shape index (κ1) is 13.3. The van der Waals surface area contributed by atoms with Gasteiger partial charge in [0, 0.05) is 0 Å². The molecule has 0 spiro atoms. The molecule has 9 heteroatoms. The van der Waals surface area contributed by atoms with Crippen molar-refractivity contribution < 1.29 is 18.8 Å². The molecular formula is C8H7BrNO4PS2. The van der Waals surface area contributed by atoms with Gasteiger partial charge in [-0.2, -0.15) is 0 Å². The molecule has 17 heavy (non-hydrogen) atoms. The van der Waals surface area contributed by atoms with Gasteiger partial charge >= 0.3 is 7.60 Å². The fourth-order valence-electron chi connectivity index (χ4n) is 1.27. The molecule has 92 valence electrons. The molecule has 0 saturated carbocycles. The van der Waals surface area contributed by atoms with Gasteiger partial charge in [0.25, 0.3) is 0 Å². The monoisotopic (exact) mass is 355 g/mol. The lowest BCUT2D eigenvalue weighted by Crippen LogP contribution is -2.04. The third-order valence-electron chi connectivity index (χ3n) is 1.93.